The van der Waals surface area contributed by atoms with Crippen molar-refractivity contribution in [3.05, 3.63) is 57.6 Å². The molecule has 0 radical (unpaired) electrons. The van der Waals surface area contributed by atoms with Crippen molar-refractivity contribution in [2.45, 2.75) is 13.2 Å². The van der Waals surface area contributed by atoms with E-state index in [0.717, 1.165) is 18.2 Å². The Hall–Kier alpha value is -3.23. The van der Waals surface area contributed by atoms with E-state index in [-0.39, 0.29) is 29.3 Å². The lowest BCUT2D eigenvalue weighted by molar-refractivity contribution is -0.385. The van der Waals surface area contributed by atoms with Crippen LogP contribution in [0.5, 0.6) is 17.2 Å². The Morgan fingerprint density at radius 1 is 1.24 bits per heavy atom. The first kappa shape index (κ1) is 18.1. The Bertz CT molecular complexity index is 796. The number of ether oxygens (including phenoxy) is 2. The molecule has 0 atom stereocenters. The van der Waals surface area contributed by atoms with Gasteiger partial charge in [-0.3, -0.25) is 15.1 Å². The van der Waals surface area contributed by atoms with Gasteiger partial charge >= 0.3 is 6.61 Å². The van der Waals surface area contributed by atoms with E-state index in [0.29, 0.717) is 5.56 Å². The molecule has 2 aromatic carbocycles. The summed E-state index contributed by atoms with van der Waals surface area (Å²) in [5, 5.41) is 22.4. The number of non-ortho nitro benzene ring substituents is 1. The fourth-order valence-electron chi connectivity index (χ4n) is 2.00. The maximum atomic E-state index is 12.3. The molecule has 0 heterocycles. The van der Waals surface area contributed by atoms with Crippen molar-refractivity contribution in [2.24, 2.45) is 4.99 Å². The van der Waals surface area contributed by atoms with Crippen LogP contribution in [-0.4, -0.2) is 24.9 Å². The summed E-state index contributed by atoms with van der Waals surface area (Å²) >= 11 is 0. The Morgan fingerprint density at radius 3 is 2.64 bits per heavy atom. The molecule has 2 aromatic rings. The van der Waals surface area contributed by atoms with Crippen molar-refractivity contribution in [1.82, 2.24) is 0 Å². The lowest BCUT2D eigenvalue weighted by Gasteiger charge is -2.11. The van der Waals surface area contributed by atoms with Gasteiger partial charge in [0.2, 0.25) is 0 Å². The van der Waals surface area contributed by atoms with Crippen molar-refractivity contribution < 1.29 is 28.3 Å². The third kappa shape index (κ3) is 4.87. The summed E-state index contributed by atoms with van der Waals surface area (Å²) < 4.78 is 33.8. The molecule has 0 saturated carbocycles. The van der Waals surface area contributed by atoms with Crippen LogP contribution in [-0.2, 0) is 6.54 Å². The summed E-state index contributed by atoms with van der Waals surface area (Å²) in [5.74, 6) is -0.383. The summed E-state index contributed by atoms with van der Waals surface area (Å²) in [6.07, 6.45) is 1.23. The average molecular weight is 351 g/mol. The van der Waals surface area contributed by atoms with Crippen LogP contribution in [0, 0.1) is 10.1 Å². The fourth-order valence-corrected chi connectivity index (χ4v) is 2.00. The molecule has 0 saturated heterocycles. The zero-order chi connectivity index (χ0) is 18.4. The van der Waals surface area contributed by atoms with Gasteiger partial charge in [0.1, 0.15) is 0 Å². The van der Waals surface area contributed by atoms with Gasteiger partial charge in [-0.25, -0.2) is 0 Å². The van der Waals surface area contributed by atoms with Gasteiger partial charge in [-0.2, -0.15) is 8.78 Å². The number of hydrogen-bond acceptors (Lipinski definition) is 6. The van der Waals surface area contributed by atoms with Crippen LogP contribution in [0.4, 0.5) is 14.5 Å². The molecule has 9 heteroatoms. The van der Waals surface area contributed by atoms with Gasteiger partial charge in [0.25, 0.3) is 5.69 Å². The van der Waals surface area contributed by atoms with E-state index in [9.17, 15) is 24.0 Å². The van der Waals surface area contributed by atoms with Crippen molar-refractivity contribution in [2.75, 3.05) is 7.11 Å². The maximum absolute atomic E-state index is 12.3. The van der Waals surface area contributed by atoms with Gasteiger partial charge in [0, 0.05) is 18.3 Å². The predicted molar refractivity (Wildman–Crippen MR) is 83.5 cm³/mol. The minimum Gasteiger partial charge on any atom is -0.872 e. The molecular weight excluding hydrogens is 338 g/mol. The SMILES string of the molecule is COc1cc(CN=Cc2cc([N+](=O)[O-])ccc2[O-])ccc1OC(F)F. The third-order valence-electron chi connectivity index (χ3n) is 3.15. The monoisotopic (exact) mass is 351 g/mol. The molecule has 0 aromatic heterocycles. The number of rotatable bonds is 7. The van der Waals surface area contributed by atoms with Crippen molar-refractivity contribution >= 4 is 11.9 Å². The maximum Gasteiger partial charge on any atom is 0.387 e. The summed E-state index contributed by atoms with van der Waals surface area (Å²) in [6.45, 7) is -2.85. The lowest BCUT2D eigenvalue weighted by atomic mass is 10.2. The second-order valence-electron chi connectivity index (χ2n) is 4.81. The summed E-state index contributed by atoms with van der Waals surface area (Å²) in [5.41, 5.74) is 0.489. The number of benzene rings is 2. The largest absolute Gasteiger partial charge is 0.872 e. The number of hydrogen-bond donors (Lipinski definition) is 0. The van der Waals surface area contributed by atoms with E-state index >= 15 is 0 Å². The van der Waals surface area contributed by atoms with E-state index < -0.39 is 17.3 Å². The highest BCUT2D eigenvalue weighted by Crippen LogP contribution is 2.29. The average Bonchev–Trinajstić information content (AvgIpc) is 2.57. The van der Waals surface area contributed by atoms with E-state index in [2.05, 4.69) is 9.73 Å². The van der Waals surface area contributed by atoms with Crippen LogP contribution < -0.4 is 14.6 Å². The van der Waals surface area contributed by atoms with Gasteiger partial charge < -0.3 is 14.6 Å². The molecular formula is C16H13F2N2O5-. The molecule has 0 aliphatic heterocycles. The second-order valence-corrected chi connectivity index (χ2v) is 4.81. The van der Waals surface area contributed by atoms with E-state index in [1.54, 1.807) is 0 Å². The first-order valence-electron chi connectivity index (χ1n) is 6.97. The molecule has 0 spiro atoms. The quantitative estimate of drug-likeness (QED) is 0.434. The zero-order valence-corrected chi connectivity index (χ0v) is 13.0. The van der Waals surface area contributed by atoms with Gasteiger partial charge in [-0.05, 0) is 23.3 Å². The molecule has 7 nitrogen and oxygen atoms in total. The minimum absolute atomic E-state index is 0.0822. The summed E-state index contributed by atoms with van der Waals surface area (Å²) in [7, 11) is 1.31. The van der Waals surface area contributed by atoms with Crippen LogP contribution in [0.2, 0.25) is 0 Å². The Labute approximate surface area is 141 Å². The highest BCUT2D eigenvalue weighted by atomic mass is 19.3. The molecule has 0 fully saturated rings. The molecule has 132 valence electrons. The molecule has 2 rings (SSSR count). The molecule has 0 amide bonds. The molecule has 0 unspecified atom stereocenters. The number of methoxy groups -OCH3 is 1. The topological polar surface area (TPSA) is 97.0 Å². The summed E-state index contributed by atoms with van der Waals surface area (Å²) in [4.78, 5) is 14.2. The molecule has 0 bridgehead atoms. The minimum atomic E-state index is -2.97. The second kappa shape index (κ2) is 8.04. The number of aliphatic imine (C=N–C) groups is 1. The fraction of sp³-hybridized carbons (Fsp3) is 0.188. The molecule has 0 N–H and O–H groups in total. The van der Waals surface area contributed by atoms with Crippen molar-refractivity contribution in [1.29, 1.82) is 0 Å². The van der Waals surface area contributed by atoms with Crippen LogP contribution in [0.3, 0.4) is 0 Å². The molecule has 0 aliphatic carbocycles. The number of nitrogens with zero attached hydrogens (tertiary/aromatic N) is 2. The van der Waals surface area contributed by atoms with Crippen molar-refractivity contribution in [3.63, 3.8) is 0 Å². The first-order valence-corrected chi connectivity index (χ1v) is 6.97. The number of nitro benzene ring substituents is 1. The van der Waals surface area contributed by atoms with Crippen LogP contribution >= 0.6 is 0 Å². The summed E-state index contributed by atoms with van der Waals surface area (Å²) in [6, 6.07) is 7.66. The third-order valence-corrected chi connectivity index (χ3v) is 3.15. The van der Waals surface area contributed by atoms with Crippen LogP contribution in [0.15, 0.2) is 41.4 Å². The smallest absolute Gasteiger partial charge is 0.387 e. The van der Waals surface area contributed by atoms with Gasteiger partial charge in [0.15, 0.2) is 11.5 Å². The Balaban J connectivity index is 2.14. The predicted octanol–water partition coefficient (Wildman–Crippen LogP) is 2.90. The number of alkyl halides is 2. The lowest BCUT2D eigenvalue weighted by Crippen LogP contribution is -2.03. The molecule has 25 heavy (non-hydrogen) atoms. The van der Waals surface area contributed by atoms with Crippen LogP contribution in [0.25, 0.3) is 0 Å². The highest BCUT2D eigenvalue weighted by molar-refractivity contribution is 5.84. The van der Waals surface area contributed by atoms with Crippen LogP contribution in [0.1, 0.15) is 11.1 Å². The number of halogens is 2. The van der Waals surface area contributed by atoms with Crippen molar-refractivity contribution in [3.8, 4) is 17.2 Å². The number of nitro groups is 1. The van der Waals surface area contributed by atoms with Gasteiger partial charge in [-0.1, -0.05) is 17.9 Å². The highest BCUT2D eigenvalue weighted by Gasteiger charge is 2.11. The zero-order valence-electron chi connectivity index (χ0n) is 13.0. The normalized spacial score (nSPS) is 11.0. The first-order chi connectivity index (χ1) is 11.9. The van der Waals surface area contributed by atoms with Gasteiger partial charge in [0.05, 0.1) is 18.6 Å². The standard InChI is InChI=1S/C16H14F2N2O5/c1-24-15-6-10(2-5-14(15)25-16(17)18)8-19-9-11-7-12(20(22)23)3-4-13(11)21/h2-7,9,16,21H,8H2,1H3/p-1. The Kier molecular flexibility index (Phi) is 5.83. The molecule has 0 aliphatic rings. The van der Waals surface area contributed by atoms with Gasteiger partial charge in [-0.15, -0.1) is 0 Å². The van der Waals surface area contributed by atoms with E-state index in [1.807, 2.05) is 0 Å². The Morgan fingerprint density at radius 2 is 2.00 bits per heavy atom. The van der Waals surface area contributed by atoms with E-state index in [4.69, 9.17) is 4.74 Å². The van der Waals surface area contributed by atoms with E-state index in [1.165, 1.54) is 31.5 Å².